The number of oxime groups is 1. The third-order valence-corrected chi connectivity index (χ3v) is 3.72. The monoisotopic (exact) mass is 319 g/mol. The van der Waals surface area contributed by atoms with E-state index in [9.17, 15) is 0 Å². The maximum Gasteiger partial charge on any atom is 0.142 e. The Labute approximate surface area is 142 Å². The van der Waals surface area contributed by atoms with Crippen molar-refractivity contribution in [1.82, 2.24) is 0 Å². The summed E-state index contributed by atoms with van der Waals surface area (Å²) >= 11 is 0. The van der Waals surface area contributed by atoms with Gasteiger partial charge in [-0.05, 0) is 28.8 Å². The van der Waals surface area contributed by atoms with E-state index in [4.69, 9.17) is 9.57 Å². The first kappa shape index (κ1) is 16.1. The van der Waals surface area contributed by atoms with Gasteiger partial charge < -0.3 is 9.57 Å². The summed E-state index contributed by atoms with van der Waals surface area (Å²) in [6.45, 7) is 3.23. The molecule has 0 saturated heterocycles. The summed E-state index contributed by atoms with van der Waals surface area (Å²) in [6, 6.07) is 22.3. The third-order valence-electron chi connectivity index (χ3n) is 3.72. The molecule has 0 saturated carbocycles. The van der Waals surface area contributed by atoms with E-state index in [1.165, 1.54) is 0 Å². The van der Waals surface area contributed by atoms with Crippen LogP contribution in [0.4, 0.5) is 0 Å². The summed E-state index contributed by atoms with van der Waals surface area (Å²) in [5, 5.41) is 6.42. The Morgan fingerprint density at radius 2 is 1.71 bits per heavy atom. The molecular weight excluding hydrogens is 298 g/mol. The van der Waals surface area contributed by atoms with Gasteiger partial charge >= 0.3 is 0 Å². The first-order chi connectivity index (χ1) is 11.9. The van der Waals surface area contributed by atoms with Gasteiger partial charge in [-0.25, -0.2) is 0 Å². The number of hydrogen-bond acceptors (Lipinski definition) is 3. The molecule has 0 amide bonds. The van der Waals surface area contributed by atoms with Gasteiger partial charge in [-0.2, -0.15) is 0 Å². The summed E-state index contributed by atoms with van der Waals surface area (Å²) < 4.78 is 5.86. The van der Waals surface area contributed by atoms with Crippen molar-refractivity contribution in [2.75, 3.05) is 6.61 Å². The van der Waals surface area contributed by atoms with E-state index in [0.29, 0.717) is 13.2 Å². The molecule has 122 valence electrons. The van der Waals surface area contributed by atoms with Crippen LogP contribution >= 0.6 is 0 Å². The van der Waals surface area contributed by atoms with Crippen molar-refractivity contribution in [1.29, 1.82) is 0 Å². The Hall–Kier alpha value is -2.81. The van der Waals surface area contributed by atoms with E-state index in [2.05, 4.69) is 30.3 Å². The van der Waals surface area contributed by atoms with Crippen molar-refractivity contribution in [2.24, 2.45) is 5.16 Å². The molecule has 0 radical (unpaired) electrons. The average molecular weight is 319 g/mol. The second-order valence-electron chi connectivity index (χ2n) is 5.54. The maximum atomic E-state index is 5.86. The molecule has 0 aliphatic carbocycles. The average Bonchev–Trinajstić information content (AvgIpc) is 2.65. The molecule has 0 N–H and O–H groups in total. The fourth-order valence-electron chi connectivity index (χ4n) is 2.52. The van der Waals surface area contributed by atoms with Gasteiger partial charge in [0.25, 0.3) is 0 Å². The highest BCUT2D eigenvalue weighted by atomic mass is 16.6. The molecule has 3 heteroatoms. The van der Waals surface area contributed by atoms with Crippen LogP contribution in [-0.4, -0.2) is 12.8 Å². The molecule has 0 aromatic heterocycles. The molecule has 3 rings (SSSR count). The molecule has 0 atom stereocenters. The molecule has 0 unspecified atom stereocenters. The molecule has 0 bridgehead atoms. The highest BCUT2D eigenvalue weighted by molar-refractivity contribution is 6.02. The second kappa shape index (κ2) is 8.16. The molecule has 3 aromatic rings. The zero-order chi connectivity index (χ0) is 16.6. The van der Waals surface area contributed by atoms with E-state index < -0.39 is 0 Å². The summed E-state index contributed by atoms with van der Waals surface area (Å²) in [5.41, 5.74) is 2.05. The van der Waals surface area contributed by atoms with Crippen molar-refractivity contribution >= 4 is 17.0 Å². The fraction of sp³-hybridized carbons (Fsp3) is 0.190. The predicted molar refractivity (Wildman–Crippen MR) is 98.6 cm³/mol. The topological polar surface area (TPSA) is 30.8 Å². The zero-order valence-corrected chi connectivity index (χ0v) is 13.8. The second-order valence-corrected chi connectivity index (χ2v) is 5.54. The van der Waals surface area contributed by atoms with E-state index in [0.717, 1.165) is 34.1 Å². The van der Waals surface area contributed by atoms with Crippen LogP contribution in [-0.2, 0) is 11.4 Å². The Kier molecular flexibility index (Phi) is 5.46. The lowest BCUT2D eigenvalue weighted by Gasteiger charge is -2.10. The Morgan fingerprint density at radius 3 is 2.54 bits per heavy atom. The number of benzene rings is 3. The van der Waals surface area contributed by atoms with Crippen LogP contribution in [0.1, 0.15) is 24.5 Å². The van der Waals surface area contributed by atoms with Crippen molar-refractivity contribution in [3.05, 3.63) is 77.9 Å². The van der Waals surface area contributed by atoms with E-state index >= 15 is 0 Å². The first-order valence-corrected chi connectivity index (χ1v) is 8.22. The van der Waals surface area contributed by atoms with Crippen LogP contribution in [0.15, 0.2) is 71.9 Å². The lowest BCUT2D eigenvalue weighted by Crippen LogP contribution is -1.99. The Morgan fingerprint density at radius 1 is 0.917 bits per heavy atom. The molecule has 3 nitrogen and oxygen atoms in total. The lowest BCUT2D eigenvalue weighted by atomic mass is 10.0. The fourth-order valence-corrected chi connectivity index (χ4v) is 2.52. The van der Waals surface area contributed by atoms with Crippen LogP contribution in [0.25, 0.3) is 10.8 Å². The highest BCUT2D eigenvalue weighted by Crippen LogP contribution is 2.27. The van der Waals surface area contributed by atoms with Crippen molar-refractivity contribution in [3.63, 3.8) is 0 Å². The van der Waals surface area contributed by atoms with Gasteiger partial charge in [-0.1, -0.05) is 72.7 Å². The highest BCUT2D eigenvalue weighted by Gasteiger charge is 2.07. The van der Waals surface area contributed by atoms with Gasteiger partial charge in [0.1, 0.15) is 12.4 Å². The lowest BCUT2D eigenvalue weighted by molar-refractivity contribution is 0.132. The van der Waals surface area contributed by atoms with E-state index in [-0.39, 0.29) is 0 Å². The van der Waals surface area contributed by atoms with Gasteiger partial charge in [0.15, 0.2) is 0 Å². The van der Waals surface area contributed by atoms with Gasteiger partial charge in [-0.3, -0.25) is 0 Å². The minimum Gasteiger partial charge on any atom is -0.493 e. The maximum absolute atomic E-state index is 5.86. The molecular formula is C21H21NO2. The van der Waals surface area contributed by atoms with E-state index in [1.54, 1.807) is 6.21 Å². The molecule has 0 heterocycles. The zero-order valence-electron chi connectivity index (χ0n) is 13.8. The number of fused-ring (bicyclic) bond motifs is 1. The molecule has 24 heavy (non-hydrogen) atoms. The SMILES string of the molecule is CCCOc1ccc2ccccc2c1/C=N/OCc1ccccc1. The van der Waals surface area contributed by atoms with Gasteiger partial charge in [0.05, 0.1) is 12.8 Å². The number of hydrogen-bond donors (Lipinski definition) is 0. The quantitative estimate of drug-likeness (QED) is 0.444. The molecule has 0 fully saturated rings. The van der Waals surface area contributed by atoms with Crippen LogP contribution < -0.4 is 4.74 Å². The largest absolute Gasteiger partial charge is 0.493 e. The van der Waals surface area contributed by atoms with Crippen molar-refractivity contribution in [3.8, 4) is 5.75 Å². The van der Waals surface area contributed by atoms with Gasteiger partial charge in [0, 0.05) is 5.56 Å². The number of nitrogens with zero attached hydrogens (tertiary/aromatic N) is 1. The van der Waals surface area contributed by atoms with Crippen LogP contribution in [0.5, 0.6) is 5.75 Å². The van der Waals surface area contributed by atoms with Crippen LogP contribution in [0, 0.1) is 0 Å². The summed E-state index contributed by atoms with van der Waals surface area (Å²) in [6.07, 6.45) is 2.71. The molecule has 3 aromatic carbocycles. The smallest absolute Gasteiger partial charge is 0.142 e. The predicted octanol–water partition coefficient (Wildman–Crippen LogP) is 5.18. The van der Waals surface area contributed by atoms with Crippen LogP contribution in [0.3, 0.4) is 0 Å². The third kappa shape index (κ3) is 3.93. The first-order valence-electron chi connectivity index (χ1n) is 8.22. The van der Waals surface area contributed by atoms with Crippen LogP contribution in [0.2, 0.25) is 0 Å². The van der Waals surface area contributed by atoms with E-state index in [1.807, 2.05) is 48.5 Å². The summed E-state index contributed by atoms with van der Waals surface area (Å²) in [5.74, 6) is 0.836. The summed E-state index contributed by atoms with van der Waals surface area (Å²) in [4.78, 5) is 5.45. The van der Waals surface area contributed by atoms with Gasteiger partial charge in [0.2, 0.25) is 0 Å². The van der Waals surface area contributed by atoms with Gasteiger partial charge in [-0.15, -0.1) is 0 Å². The Bertz CT molecular complexity index is 812. The van der Waals surface area contributed by atoms with Crippen molar-refractivity contribution in [2.45, 2.75) is 20.0 Å². The Balaban J connectivity index is 1.81. The number of rotatable bonds is 7. The van der Waals surface area contributed by atoms with Crippen molar-refractivity contribution < 1.29 is 9.57 Å². The summed E-state index contributed by atoms with van der Waals surface area (Å²) in [7, 11) is 0. The minimum atomic E-state index is 0.452. The number of ether oxygens (including phenoxy) is 1. The standard InChI is InChI=1S/C21H21NO2/c1-2-14-23-21-13-12-18-10-6-7-11-19(18)20(21)15-22-24-16-17-8-4-3-5-9-17/h3-13,15H,2,14,16H2,1H3/b22-15+. The molecule has 0 aliphatic heterocycles. The normalized spacial score (nSPS) is 11.0. The molecule has 0 aliphatic rings. The molecule has 0 spiro atoms. The minimum absolute atomic E-state index is 0.452.